The van der Waals surface area contributed by atoms with E-state index in [4.69, 9.17) is 11.6 Å². The van der Waals surface area contributed by atoms with E-state index in [1.165, 1.54) is 19.2 Å². The molecule has 0 radical (unpaired) electrons. The van der Waals surface area contributed by atoms with E-state index in [1.807, 2.05) is 13.1 Å². The first-order valence-electron chi connectivity index (χ1n) is 5.31. The van der Waals surface area contributed by atoms with Crippen LogP contribution < -0.4 is 4.90 Å². The van der Waals surface area contributed by atoms with Gasteiger partial charge in [-0.3, -0.25) is 0 Å². The average molecular weight is 238 g/mol. The van der Waals surface area contributed by atoms with Crippen LogP contribution in [0.3, 0.4) is 0 Å². The molecule has 2 aromatic rings. The van der Waals surface area contributed by atoms with Crippen LogP contribution in [0.1, 0.15) is 12.8 Å². The molecule has 5 nitrogen and oxygen atoms in total. The zero-order valence-electron chi connectivity index (χ0n) is 8.97. The Hall–Kier alpha value is -1.36. The molecule has 2 aromatic heterocycles. The second-order valence-corrected chi connectivity index (χ2v) is 4.62. The molecule has 1 fully saturated rings. The molecule has 0 spiro atoms. The first-order valence-corrected chi connectivity index (χ1v) is 5.69. The quantitative estimate of drug-likeness (QED) is 0.762. The Morgan fingerprint density at radius 3 is 3.12 bits per heavy atom. The van der Waals surface area contributed by atoms with Crippen LogP contribution in [0.15, 0.2) is 12.4 Å². The molecule has 0 atom stereocenters. The number of fused-ring (bicyclic) bond motifs is 1. The fourth-order valence-electron chi connectivity index (χ4n) is 1.82. The molecule has 0 N–H and O–H groups in total. The summed E-state index contributed by atoms with van der Waals surface area (Å²) in [5, 5.41) is 4.61. The number of hydrogen-bond acceptors (Lipinski definition) is 4. The number of nitrogens with zero attached hydrogens (tertiary/aromatic N) is 5. The van der Waals surface area contributed by atoms with Gasteiger partial charge in [0.2, 0.25) is 0 Å². The highest BCUT2D eigenvalue weighted by Gasteiger charge is 2.24. The lowest BCUT2D eigenvalue weighted by molar-refractivity contribution is 0.756. The molecule has 1 aliphatic carbocycles. The summed E-state index contributed by atoms with van der Waals surface area (Å²) in [7, 11) is 2.05. The second kappa shape index (κ2) is 3.59. The lowest BCUT2D eigenvalue weighted by atomic mass is 10.4. The van der Waals surface area contributed by atoms with Gasteiger partial charge in [0.1, 0.15) is 17.3 Å². The number of hydrogen-bond donors (Lipinski definition) is 0. The Labute approximate surface area is 98.1 Å². The second-order valence-electron chi connectivity index (χ2n) is 4.23. The largest absolute Gasteiger partial charge is 0.359 e. The minimum atomic E-state index is 0.457. The van der Waals surface area contributed by atoms with Crippen molar-refractivity contribution < 1.29 is 0 Å². The number of aromatic nitrogens is 4. The Morgan fingerprint density at radius 2 is 2.38 bits per heavy atom. The molecule has 1 aliphatic rings. The molecule has 1 saturated carbocycles. The lowest BCUT2D eigenvalue weighted by Crippen LogP contribution is -2.23. The normalized spacial score (nSPS) is 15.6. The van der Waals surface area contributed by atoms with Crippen LogP contribution in [-0.4, -0.2) is 33.2 Å². The van der Waals surface area contributed by atoms with Gasteiger partial charge in [0.05, 0.1) is 0 Å². The van der Waals surface area contributed by atoms with E-state index in [2.05, 4.69) is 20.0 Å². The summed E-state index contributed by atoms with van der Waals surface area (Å²) in [5.41, 5.74) is 0. The minimum Gasteiger partial charge on any atom is -0.359 e. The fourth-order valence-corrected chi connectivity index (χ4v) is 2.00. The van der Waals surface area contributed by atoms with E-state index in [9.17, 15) is 0 Å². The highest BCUT2D eigenvalue weighted by Crippen LogP contribution is 2.31. The molecule has 0 aliphatic heterocycles. The Morgan fingerprint density at radius 1 is 1.56 bits per heavy atom. The van der Waals surface area contributed by atoms with E-state index < -0.39 is 0 Å². The molecule has 6 heteroatoms. The van der Waals surface area contributed by atoms with Crippen LogP contribution in [0.2, 0.25) is 5.15 Å². The zero-order chi connectivity index (χ0) is 11.1. The molecule has 0 saturated heterocycles. The zero-order valence-corrected chi connectivity index (χ0v) is 9.72. The third kappa shape index (κ3) is 1.71. The van der Waals surface area contributed by atoms with Crippen molar-refractivity contribution >= 4 is 23.2 Å². The molecular formula is C10H12ClN5. The minimum absolute atomic E-state index is 0.457. The van der Waals surface area contributed by atoms with Crippen molar-refractivity contribution in [2.45, 2.75) is 12.8 Å². The number of halogens is 1. The number of anilines is 1. The summed E-state index contributed by atoms with van der Waals surface area (Å²) in [5.74, 6) is 2.31. The maximum absolute atomic E-state index is 5.96. The number of rotatable bonds is 3. The third-order valence-corrected chi connectivity index (χ3v) is 3.02. The third-order valence-electron chi connectivity index (χ3n) is 2.82. The summed E-state index contributed by atoms with van der Waals surface area (Å²) in [6.07, 6.45) is 4.14. The highest BCUT2D eigenvalue weighted by atomic mass is 35.5. The molecule has 0 unspecified atom stereocenters. The molecule has 2 heterocycles. The first kappa shape index (κ1) is 9.84. The molecule has 0 aromatic carbocycles. The van der Waals surface area contributed by atoms with Gasteiger partial charge in [-0.05, 0) is 18.8 Å². The Bertz CT molecular complexity index is 519. The predicted molar refractivity (Wildman–Crippen MR) is 61.8 cm³/mol. The van der Waals surface area contributed by atoms with Crippen molar-refractivity contribution in [2.24, 2.45) is 5.92 Å². The van der Waals surface area contributed by atoms with Crippen LogP contribution in [0.4, 0.5) is 5.82 Å². The summed E-state index contributed by atoms with van der Waals surface area (Å²) in [6, 6.07) is 1.83. The SMILES string of the molecule is CN(CC1CC1)c1cc(Cl)nc2ncnn12. The van der Waals surface area contributed by atoms with Crippen LogP contribution in [0, 0.1) is 5.92 Å². The van der Waals surface area contributed by atoms with Gasteiger partial charge in [-0.2, -0.15) is 19.6 Å². The Kier molecular flexibility index (Phi) is 2.21. The van der Waals surface area contributed by atoms with Gasteiger partial charge in [-0.1, -0.05) is 11.6 Å². The fraction of sp³-hybridized carbons (Fsp3) is 0.500. The van der Waals surface area contributed by atoms with E-state index in [1.54, 1.807) is 4.52 Å². The van der Waals surface area contributed by atoms with Gasteiger partial charge in [0.25, 0.3) is 5.78 Å². The van der Waals surface area contributed by atoms with E-state index in [0.29, 0.717) is 10.9 Å². The van der Waals surface area contributed by atoms with Gasteiger partial charge in [-0.15, -0.1) is 0 Å². The van der Waals surface area contributed by atoms with Crippen molar-refractivity contribution in [3.05, 3.63) is 17.5 Å². The van der Waals surface area contributed by atoms with E-state index in [0.717, 1.165) is 18.3 Å². The van der Waals surface area contributed by atoms with Crippen molar-refractivity contribution in [1.29, 1.82) is 0 Å². The maximum Gasteiger partial charge on any atom is 0.255 e. The van der Waals surface area contributed by atoms with Gasteiger partial charge >= 0.3 is 0 Å². The standard InChI is InChI=1S/C10H12ClN5/c1-15(5-7-2-3-7)9-4-8(11)14-10-12-6-13-16(9)10/h4,6-7H,2-3,5H2,1H3. The van der Waals surface area contributed by atoms with Crippen molar-refractivity contribution in [3.63, 3.8) is 0 Å². The average Bonchev–Trinajstić information content (AvgIpc) is 2.93. The molecular weight excluding hydrogens is 226 g/mol. The summed E-state index contributed by atoms with van der Waals surface area (Å²) >= 11 is 5.96. The van der Waals surface area contributed by atoms with Crippen molar-refractivity contribution in [3.8, 4) is 0 Å². The summed E-state index contributed by atoms with van der Waals surface area (Å²) in [6.45, 7) is 1.04. The monoisotopic (exact) mass is 237 g/mol. The molecule has 3 rings (SSSR count). The predicted octanol–water partition coefficient (Wildman–Crippen LogP) is 1.62. The van der Waals surface area contributed by atoms with Crippen LogP contribution in [0.25, 0.3) is 5.78 Å². The smallest absolute Gasteiger partial charge is 0.255 e. The van der Waals surface area contributed by atoms with E-state index >= 15 is 0 Å². The van der Waals surface area contributed by atoms with Crippen molar-refractivity contribution in [2.75, 3.05) is 18.5 Å². The van der Waals surface area contributed by atoms with Crippen LogP contribution >= 0.6 is 11.6 Å². The van der Waals surface area contributed by atoms with Gasteiger partial charge < -0.3 is 4.90 Å². The van der Waals surface area contributed by atoms with Crippen LogP contribution in [0.5, 0.6) is 0 Å². The van der Waals surface area contributed by atoms with Crippen molar-refractivity contribution in [1.82, 2.24) is 19.6 Å². The maximum atomic E-state index is 5.96. The van der Waals surface area contributed by atoms with E-state index in [-0.39, 0.29) is 0 Å². The molecule has 0 bridgehead atoms. The topological polar surface area (TPSA) is 46.3 Å². The molecule has 0 amide bonds. The molecule has 84 valence electrons. The van der Waals surface area contributed by atoms with Crippen LogP contribution in [-0.2, 0) is 0 Å². The summed E-state index contributed by atoms with van der Waals surface area (Å²) < 4.78 is 1.72. The van der Waals surface area contributed by atoms with Gasteiger partial charge in [0, 0.05) is 19.7 Å². The molecule has 16 heavy (non-hydrogen) atoms. The highest BCUT2D eigenvalue weighted by molar-refractivity contribution is 6.29. The van der Waals surface area contributed by atoms with Gasteiger partial charge in [0.15, 0.2) is 0 Å². The Balaban J connectivity index is 2.02. The lowest BCUT2D eigenvalue weighted by Gasteiger charge is -2.19. The summed E-state index contributed by atoms with van der Waals surface area (Å²) in [4.78, 5) is 10.3. The first-order chi connectivity index (χ1) is 7.74. The van der Waals surface area contributed by atoms with Gasteiger partial charge in [-0.25, -0.2) is 0 Å².